The van der Waals surface area contributed by atoms with Gasteiger partial charge in [0.1, 0.15) is 6.54 Å². The van der Waals surface area contributed by atoms with Gasteiger partial charge in [0.05, 0.1) is 86.8 Å². The van der Waals surface area contributed by atoms with E-state index in [1.54, 1.807) is 0 Å². The molecule has 0 bridgehead atoms. The van der Waals surface area contributed by atoms with Crippen LogP contribution >= 0.6 is 0 Å². The number of hydrogen-bond acceptors (Lipinski definition) is 0. The van der Waals surface area contributed by atoms with Crippen LogP contribution in [0.5, 0.6) is 0 Å². The van der Waals surface area contributed by atoms with E-state index in [0.717, 1.165) is 6.54 Å². The van der Waals surface area contributed by atoms with Crippen LogP contribution in [0.2, 0.25) is 0 Å². The number of aryl methyl sites for hydroxylation is 1. The fraction of sp³-hybridized carbons (Fsp3) is 0.444. The zero-order chi connectivity index (χ0) is 7.23. The third kappa shape index (κ3) is 22.8. The normalized spacial score (nSPS) is 5.71. The van der Waals surface area contributed by atoms with E-state index in [1.807, 2.05) is 6.07 Å². The summed E-state index contributed by atoms with van der Waals surface area (Å²) in [6, 6.07) is 6.17. The number of halogens is 7. The monoisotopic (exact) mass is 395 g/mol. The Hall–Kier alpha value is 1.18. The number of hydrogen-bond donors (Lipinski definition) is 0. The maximum absolute atomic E-state index is 2.21. The van der Waals surface area contributed by atoms with Gasteiger partial charge in [0.2, 0.25) is 0 Å². The summed E-state index contributed by atoms with van der Waals surface area (Å²) in [5.41, 5.74) is 0. The van der Waals surface area contributed by atoms with Crippen molar-refractivity contribution in [1.82, 2.24) is 0 Å². The molecule has 0 unspecified atom stereocenters. The first-order chi connectivity index (χ1) is 4.93. The summed E-state index contributed by atoms with van der Waals surface area (Å²) in [6.45, 7) is 3.36. The van der Waals surface area contributed by atoms with E-state index in [4.69, 9.17) is 0 Å². The van der Waals surface area contributed by atoms with Crippen LogP contribution in [0.1, 0.15) is 19.8 Å². The molecular formula is C9H28Cl7N+8. The van der Waals surface area contributed by atoms with E-state index in [9.17, 15) is 0 Å². The second-order valence-electron chi connectivity index (χ2n) is 2.47. The number of unbranched alkanes of at least 4 members (excludes halogenated alkanes) is 1. The molecule has 0 aliphatic rings. The fourth-order valence-electron chi connectivity index (χ4n) is 0.924. The van der Waals surface area contributed by atoms with Gasteiger partial charge in [0.25, 0.3) is 0 Å². The molecule has 0 saturated carbocycles. The van der Waals surface area contributed by atoms with Crippen molar-refractivity contribution in [3.05, 3.63) is 30.6 Å². The molecule has 1 aromatic rings. The molecular weight excluding hydrogens is 370 g/mol. The molecule has 110 valence electrons. The van der Waals surface area contributed by atoms with Gasteiger partial charge in [-0.15, -0.1) is 0 Å². The molecule has 0 N–H and O–H groups in total. The van der Waals surface area contributed by atoms with Gasteiger partial charge in [0, 0.05) is 18.6 Å². The van der Waals surface area contributed by atoms with Crippen molar-refractivity contribution in [2.75, 3.05) is 0 Å². The lowest BCUT2D eigenvalue weighted by Gasteiger charge is -1.91. The Balaban J connectivity index is -0.0000000286. The quantitative estimate of drug-likeness (QED) is 0.520. The minimum absolute atomic E-state index is 0. The Bertz CT molecular complexity index is 186. The van der Waals surface area contributed by atoms with Gasteiger partial charge in [-0.2, -0.15) is 0 Å². The third-order valence-electron chi connectivity index (χ3n) is 1.55. The average molecular weight is 399 g/mol. The predicted octanol–water partition coefficient (Wildman–Crippen LogP) is -1.97. The van der Waals surface area contributed by atoms with Gasteiger partial charge in [0.15, 0.2) is 12.4 Å². The Morgan fingerprint density at radius 2 is 1.12 bits per heavy atom. The van der Waals surface area contributed by atoms with Crippen molar-refractivity contribution in [2.24, 2.45) is 0 Å². The predicted molar refractivity (Wildman–Crippen MR) is 61.1 cm³/mol. The molecule has 1 rings (SSSR count). The minimum Gasteiger partial charge on any atom is -0.205 e. The number of pyridine rings is 1. The fourth-order valence-corrected chi connectivity index (χ4v) is 0.924. The molecule has 0 aliphatic carbocycles. The Morgan fingerprint density at radius 1 is 0.706 bits per heavy atom. The number of nitrogens with zero attached hydrogens (tertiary/aromatic N) is 1. The van der Waals surface area contributed by atoms with Crippen LogP contribution in [-0.2, 0) is 6.54 Å². The highest BCUT2D eigenvalue weighted by Gasteiger charge is 1.93. The van der Waals surface area contributed by atoms with Gasteiger partial charge in [-0.3, -0.25) is 0 Å². The van der Waals surface area contributed by atoms with E-state index < -0.39 is 0 Å². The molecule has 1 nitrogen and oxygen atoms in total. The van der Waals surface area contributed by atoms with Gasteiger partial charge < -0.3 is 0 Å². The summed E-state index contributed by atoms with van der Waals surface area (Å²) in [5.74, 6) is 0. The first-order valence-corrected chi connectivity index (χ1v) is 3.87. The largest absolute Gasteiger partial charge is 0.205 e. The van der Waals surface area contributed by atoms with E-state index in [2.05, 4.69) is 36.0 Å². The first-order valence-electron chi connectivity index (χ1n) is 3.87. The smallest absolute Gasteiger partial charge is 0.168 e. The number of rotatable bonds is 3. The molecule has 0 radical (unpaired) electrons. The lowest BCUT2D eigenvalue weighted by Crippen LogP contribution is -2.31. The molecule has 0 saturated heterocycles. The van der Waals surface area contributed by atoms with E-state index in [-0.39, 0.29) is 86.8 Å². The SMILES string of the molecule is CCCC[n+]1ccccc1.[ClH2+].[ClH2+].[ClH2+].[ClH2+].[ClH2+].[ClH2+].[ClH2+]. The van der Waals surface area contributed by atoms with Crippen LogP contribution in [-0.4, -0.2) is 0 Å². The van der Waals surface area contributed by atoms with Gasteiger partial charge >= 0.3 is 0 Å². The molecule has 1 heterocycles. The zero-order valence-corrected chi connectivity index (χ0v) is 15.8. The standard InChI is InChI=1S/C9H14N.7ClH2/c1-2-3-7-10-8-5-4-6-9-10;;;;;;;/h4-6,8-9H,2-3,7H2,1H3;7*1H2/q8*+1. The third-order valence-corrected chi connectivity index (χ3v) is 1.55. The van der Waals surface area contributed by atoms with Crippen molar-refractivity contribution < 1.29 is 91.4 Å². The van der Waals surface area contributed by atoms with Crippen molar-refractivity contribution in [1.29, 1.82) is 0 Å². The van der Waals surface area contributed by atoms with E-state index >= 15 is 0 Å². The highest BCUT2D eigenvalue weighted by molar-refractivity contribution is 4.83. The molecule has 0 aliphatic heterocycles. The average Bonchev–Trinajstić information content (AvgIpc) is 2.03. The Labute approximate surface area is 147 Å². The van der Waals surface area contributed by atoms with E-state index in [1.165, 1.54) is 12.8 Å². The highest BCUT2D eigenvalue weighted by Crippen LogP contribution is 1.85. The molecule has 8 heteroatoms. The molecule has 0 aromatic carbocycles. The summed E-state index contributed by atoms with van der Waals surface area (Å²) in [6.07, 6.45) is 6.75. The lowest BCUT2D eigenvalue weighted by molar-refractivity contribution is -0.697. The molecule has 1 aromatic heterocycles. The maximum Gasteiger partial charge on any atom is 0.168 e. The summed E-state index contributed by atoms with van der Waals surface area (Å²) >= 11 is 0. The summed E-state index contributed by atoms with van der Waals surface area (Å²) in [4.78, 5) is 0. The van der Waals surface area contributed by atoms with Crippen LogP contribution < -0.4 is 4.57 Å². The van der Waals surface area contributed by atoms with Crippen molar-refractivity contribution in [3.8, 4) is 0 Å². The van der Waals surface area contributed by atoms with Gasteiger partial charge in [-0.1, -0.05) is 19.4 Å². The molecule has 0 amide bonds. The molecule has 0 fully saturated rings. The molecule has 0 spiro atoms. The van der Waals surface area contributed by atoms with Crippen LogP contribution in [0, 0.1) is 86.8 Å². The van der Waals surface area contributed by atoms with Crippen LogP contribution in [0.25, 0.3) is 0 Å². The van der Waals surface area contributed by atoms with Crippen molar-refractivity contribution in [3.63, 3.8) is 0 Å². The molecule has 17 heavy (non-hydrogen) atoms. The van der Waals surface area contributed by atoms with Gasteiger partial charge in [-0.05, 0) is 0 Å². The first kappa shape index (κ1) is 42.9. The summed E-state index contributed by atoms with van der Waals surface area (Å²) < 4.78 is 2.21. The van der Waals surface area contributed by atoms with Gasteiger partial charge in [-0.25, -0.2) is 4.57 Å². The van der Waals surface area contributed by atoms with Crippen LogP contribution in [0.3, 0.4) is 0 Å². The highest BCUT2D eigenvalue weighted by atomic mass is 35.5. The molecule has 0 atom stereocenters. The van der Waals surface area contributed by atoms with Crippen LogP contribution in [0.4, 0.5) is 0 Å². The topological polar surface area (TPSA) is 3.88 Å². The lowest BCUT2D eigenvalue weighted by atomic mass is 10.3. The second kappa shape index (κ2) is 30.3. The summed E-state index contributed by atoms with van der Waals surface area (Å²) in [5, 5.41) is 0. The van der Waals surface area contributed by atoms with E-state index in [0.29, 0.717) is 0 Å². The van der Waals surface area contributed by atoms with Crippen molar-refractivity contribution >= 4 is 0 Å². The Kier molecular flexibility index (Phi) is 76.6. The van der Waals surface area contributed by atoms with Crippen molar-refractivity contribution in [2.45, 2.75) is 26.3 Å². The number of aromatic nitrogens is 1. The summed E-state index contributed by atoms with van der Waals surface area (Å²) in [7, 11) is 0. The maximum atomic E-state index is 2.21. The van der Waals surface area contributed by atoms with Crippen LogP contribution in [0.15, 0.2) is 30.6 Å². The Morgan fingerprint density at radius 3 is 1.47 bits per heavy atom. The minimum atomic E-state index is 0. The second-order valence-corrected chi connectivity index (χ2v) is 2.47. The zero-order valence-electron chi connectivity index (χ0n) is 9.59.